The molecule has 4 rings (SSSR count). The largest absolute Gasteiger partial charge is 0.496 e. The zero-order valence-corrected chi connectivity index (χ0v) is 20.4. The fourth-order valence-electron chi connectivity index (χ4n) is 3.36. The van der Waals surface area contributed by atoms with E-state index >= 15 is 0 Å². The summed E-state index contributed by atoms with van der Waals surface area (Å²) in [4.78, 5) is 24.7. The molecule has 178 valence electrons. The Balaban J connectivity index is 1.52. The molecule has 0 aliphatic heterocycles. The van der Waals surface area contributed by atoms with Gasteiger partial charge in [-0.25, -0.2) is 0 Å². The van der Waals surface area contributed by atoms with Crippen molar-refractivity contribution in [2.45, 2.75) is 19.0 Å². The van der Waals surface area contributed by atoms with E-state index < -0.39 is 0 Å². The van der Waals surface area contributed by atoms with E-state index in [0.29, 0.717) is 22.3 Å². The second-order valence-electron chi connectivity index (χ2n) is 7.83. The standard InChI is InChI=1S/C26H25N5O3S/c1-17-8-12-19(13-9-17)25(33)29-27-23(32)16-35-26-30-28-24(21-6-4-5-7-22(21)34-3)31(26)20-14-10-18(2)11-15-20/h4-15H,16H2,1-3H3,(H,27,32)(H,29,33). The van der Waals surface area contributed by atoms with Crippen molar-refractivity contribution in [1.29, 1.82) is 0 Å². The lowest BCUT2D eigenvalue weighted by atomic mass is 10.1. The molecule has 0 saturated carbocycles. The van der Waals surface area contributed by atoms with Gasteiger partial charge < -0.3 is 4.74 Å². The summed E-state index contributed by atoms with van der Waals surface area (Å²) in [5.41, 5.74) is 9.17. The third-order valence-electron chi connectivity index (χ3n) is 5.23. The number of amides is 2. The van der Waals surface area contributed by atoms with Gasteiger partial charge in [-0.1, -0.05) is 59.3 Å². The molecule has 0 fully saturated rings. The quantitative estimate of drug-likeness (QED) is 0.301. The molecule has 2 amide bonds. The minimum Gasteiger partial charge on any atom is -0.496 e. The third kappa shape index (κ3) is 5.70. The lowest BCUT2D eigenvalue weighted by Gasteiger charge is -2.13. The van der Waals surface area contributed by atoms with Crippen LogP contribution in [-0.2, 0) is 4.79 Å². The molecular weight excluding hydrogens is 462 g/mol. The van der Waals surface area contributed by atoms with Crippen molar-refractivity contribution in [3.05, 3.63) is 89.5 Å². The van der Waals surface area contributed by atoms with Crippen LogP contribution in [-0.4, -0.2) is 39.4 Å². The number of aryl methyl sites for hydroxylation is 2. The Kier molecular flexibility index (Phi) is 7.47. The maximum Gasteiger partial charge on any atom is 0.269 e. The molecule has 35 heavy (non-hydrogen) atoms. The summed E-state index contributed by atoms with van der Waals surface area (Å²) < 4.78 is 7.41. The Morgan fingerprint density at radius 1 is 0.886 bits per heavy atom. The number of aromatic nitrogens is 3. The number of rotatable bonds is 7. The van der Waals surface area contributed by atoms with Gasteiger partial charge in [-0.15, -0.1) is 10.2 Å². The van der Waals surface area contributed by atoms with Crippen LogP contribution in [0, 0.1) is 13.8 Å². The number of benzene rings is 3. The van der Waals surface area contributed by atoms with Crippen molar-refractivity contribution < 1.29 is 14.3 Å². The third-order valence-corrected chi connectivity index (χ3v) is 6.16. The van der Waals surface area contributed by atoms with Crippen LogP contribution < -0.4 is 15.6 Å². The van der Waals surface area contributed by atoms with Crippen LogP contribution in [0.2, 0.25) is 0 Å². The Bertz CT molecular complexity index is 1330. The molecule has 0 unspecified atom stereocenters. The Labute approximate surface area is 207 Å². The molecule has 0 atom stereocenters. The van der Waals surface area contributed by atoms with Crippen LogP contribution in [0.5, 0.6) is 5.75 Å². The lowest BCUT2D eigenvalue weighted by molar-refractivity contribution is -0.119. The van der Waals surface area contributed by atoms with E-state index in [1.54, 1.807) is 19.2 Å². The van der Waals surface area contributed by atoms with Gasteiger partial charge in [0.2, 0.25) is 5.91 Å². The Morgan fingerprint density at radius 3 is 2.23 bits per heavy atom. The highest BCUT2D eigenvalue weighted by Gasteiger charge is 2.20. The molecule has 2 N–H and O–H groups in total. The molecule has 0 saturated heterocycles. The molecule has 0 aliphatic rings. The summed E-state index contributed by atoms with van der Waals surface area (Å²) in [7, 11) is 1.61. The molecule has 0 bridgehead atoms. The fraction of sp³-hybridized carbons (Fsp3) is 0.154. The van der Waals surface area contributed by atoms with E-state index in [1.165, 1.54) is 11.8 Å². The minimum atomic E-state index is -0.385. The van der Waals surface area contributed by atoms with Gasteiger partial charge in [0.1, 0.15) is 5.75 Å². The number of hydrogen-bond acceptors (Lipinski definition) is 6. The van der Waals surface area contributed by atoms with Crippen molar-refractivity contribution in [2.24, 2.45) is 0 Å². The Morgan fingerprint density at radius 2 is 1.54 bits per heavy atom. The summed E-state index contributed by atoms with van der Waals surface area (Å²) in [6.07, 6.45) is 0. The topological polar surface area (TPSA) is 98.1 Å². The first kappa shape index (κ1) is 24.0. The predicted molar refractivity (Wildman–Crippen MR) is 136 cm³/mol. The molecule has 0 spiro atoms. The van der Waals surface area contributed by atoms with Gasteiger partial charge in [0.15, 0.2) is 11.0 Å². The lowest BCUT2D eigenvalue weighted by Crippen LogP contribution is -2.42. The molecule has 3 aromatic carbocycles. The van der Waals surface area contributed by atoms with E-state index in [4.69, 9.17) is 4.74 Å². The minimum absolute atomic E-state index is 0.0318. The maximum absolute atomic E-state index is 12.5. The average Bonchev–Trinajstić information content (AvgIpc) is 3.30. The van der Waals surface area contributed by atoms with Crippen LogP contribution in [0.15, 0.2) is 78.0 Å². The number of thioether (sulfide) groups is 1. The van der Waals surface area contributed by atoms with E-state index in [1.807, 2.05) is 79.1 Å². The summed E-state index contributed by atoms with van der Waals surface area (Å²) in [5.74, 6) is 0.546. The highest BCUT2D eigenvalue weighted by atomic mass is 32.2. The van der Waals surface area contributed by atoms with E-state index in [-0.39, 0.29) is 17.6 Å². The summed E-state index contributed by atoms with van der Waals surface area (Å²) in [6, 6.07) is 22.6. The zero-order valence-electron chi connectivity index (χ0n) is 19.6. The molecule has 9 heteroatoms. The van der Waals surface area contributed by atoms with Crippen LogP contribution in [0.1, 0.15) is 21.5 Å². The molecule has 4 aromatic rings. The molecule has 1 aromatic heterocycles. The molecule has 0 aliphatic carbocycles. The van der Waals surface area contributed by atoms with Crippen molar-refractivity contribution in [1.82, 2.24) is 25.6 Å². The first-order chi connectivity index (χ1) is 17.0. The monoisotopic (exact) mass is 487 g/mol. The van der Waals surface area contributed by atoms with E-state index in [9.17, 15) is 9.59 Å². The first-order valence-electron chi connectivity index (χ1n) is 10.9. The van der Waals surface area contributed by atoms with Crippen LogP contribution >= 0.6 is 11.8 Å². The van der Waals surface area contributed by atoms with Crippen LogP contribution in [0.3, 0.4) is 0 Å². The highest BCUT2D eigenvalue weighted by molar-refractivity contribution is 7.99. The van der Waals surface area contributed by atoms with Gasteiger partial charge in [0, 0.05) is 11.3 Å². The smallest absolute Gasteiger partial charge is 0.269 e. The SMILES string of the molecule is COc1ccccc1-c1nnc(SCC(=O)NNC(=O)c2ccc(C)cc2)n1-c1ccc(C)cc1. The van der Waals surface area contributed by atoms with Crippen molar-refractivity contribution in [3.63, 3.8) is 0 Å². The normalized spacial score (nSPS) is 10.6. The number of nitrogens with zero attached hydrogens (tertiary/aromatic N) is 3. The summed E-state index contributed by atoms with van der Waals surface area (Å²) in [6.45, 7) is 3.96. The average molecular weight is 488 g/mol. The molecular formula is C26H25N5O3S. The van der Waals surface area contributed by atoms with Crippen molar-refractivity contribution in [3.8, 4) is 22.8 Å². The fourth-order valence-corrected chi connectivity index (χ4v) is 4.12. The second kappa shape index (κ2) is 10.9. The van der Waals surface area contributed by atoms with Crippen LogP contribution in [0.25, 0.3) is 17.1 Å². The Hall–Kier alpha value is -4.11. The number of hydrogen-bond donors (Lipinski definition) is 2. The van der Waals surface area contributed by atoms with Crippen LogP contribution in [0.4, 0.5) is 0 Å². The summed E-state index contributed by atoms with van der Waals surface area (Å²) in [5, 5.41) is 9.28. The number of nitrogens with one attached hydrogen (secondary N) is 2. The zero-order chi connectivity index (χ0) is 24.8. The predicted octanol–water partition coefficient (Wildman–Crippen LogP) is 4.11. The second-order valence-corrected chi connectivity index (χ2v) is 8.78. The number of hydrazine groups is 1. The highest BCUT2D eigenvalue weighted by Crippen LogP contribution is 2.33. The number of para-hydroxylation sites is 1. The van der Waals surface area contributed by atoms with Gasteiger partial charge in [-0.05, 0) is 50.2 Å². The van der Waals surface area contributed by atoms with Crippen molar-refractivity contribution in [2.75, 3.05) is 12.9 Å². The summed E-state index contributed by atoms with van der Waals surface area (Å²) >= 11 is 1.22. The van der Waals surface area contributed by atoms with Gasteiger partial charge in [-0.3, -0.25) is 25.0 Å². The number of methoxy groups -OCH3 is 1. The van der Waals surface area contributed by atoms with Gasteiger partial charge >= 0.3 is 0 Å². The van der Waals surface area contributed by atoms with Gasteiger partial charge in [-0.2, -0.15) is 0 Å². The number of carbonyl (C=O) groups is 2. The maximum atomic E-state index is 12.5. The van der Waals surface area contributed by atoms with E-state index in [2.05, 4.69) is 21.0 Å². The van der Waals surface area contributed by atoms with Gasteiger partial charge in [0.25, 0.3) is 5.91 Å². The molecule has 8 nitrogen and oxygen atoms in total. The van der Waals surface area contributed by atoms with Crippen molar-refractivity contribution >= 4 is 23.6 Å². The molecule has 0 radical (unpaired) electrons. The first-order valence-corrected chi connectivity index (χ1v) is 11.9. The molecule has 1 heterocycles. The number of carbonyl (C=O) groups excluding carboxylic acids is 2. The van der Waals surface area contributed by atoms with E-state index in [0.717, 1.165) is 22.4 Å². The van der Waals surface area contributed by atoms with Gasteiger partial charge in [0.05, 0.1) is 18.4 Å². The number of ether oxygens (including phenoxy) is 1.